The number of rotatable bonds is 5. The van der Waals surface area contributed by atoms with Crippen LogP contribution in [0.4, 0.5) is 0 Å². The lowest BCUT2D eigenvalue weighted by molar-refractivity contribution is -0.150. The van der Waals surface area contributed by atoms with Gasteiger partial charge < -0.3 is 14.4 Å². The third-order valence-corrected chi connectivity index (χ3v) is 3.69. The number of carbonyl (C=O) groups excluding carboxylic acids is 1. The molecule has 8 heteroatoms. The van der Waals surface area contributed by atoms with Crippen LogP contribution in [0.15, 0.2) is 29.2 Å². The predicted molar refractivity (Wildman–Crippen MR) is 66.0 cm³/mol. The number of carboxylic acids is 1. The van der Waals surface area contributed by atoms with Crippen LogP contribution in [0, 0.1) is 11.8 Å². The lowest BCUT2D eigenvalue weighted by Crippen LogP contribution is -2.28. The lowest BCUT2D eigenvalue weighted by atomic mass is 9.96. The van der Waals surface area contributed by atoms with E-state index < -0.39 is 38.8 Å². The van der Waals surface area contributed by atoms with E-state index >= 15 is 0 Å². The Labute approximate surface area is 115 Å². The molecule has 2 unspecified atom stereocenters. The highest BCUT2D eigenvalue weighted by atomic mass is 32.2. The quantitative estimate of drug-likeness (QED) is 0.486. The molecule has 1 aromatic carbocycles. The zero-order valence-electron chi connectivity index (χ0n) is 10.8. The van der Waals surface area contributed by atoms with Crippen LogP contribution in [0.5, 0.6) is 5.75 Å². The summed E-state index contributed by atoms with van der Waals surface area (Å²) in [7, 11) is -4.56. The molecule has 0 aliphatic rings. The van der Waals surface area contributed by atoms with Gasteiger partial charge in [0.2, 0.25) is 0 Å². The highest BCUT2D eigenvalue weighted by molar-refractivity contribution is 7.85. The molecular formula is C12H13O7S-. The number of carboxylic acid groups (broad SMARTS) is 1. The van der Waals surface area contributed by atoms with Crippen molar-refractivity contribution >= 4 is 22.1 Å². The molecule has 110 valence electrons. The maximum Gasteiger partial charge on any atom is 0.314 e. The second kappa shape index (κ2) is 6.02. The van der Waals surface area contributed by atoms with E-state index in [1.807, 2.05) is 0 Å². The van der Waals surface area contributed by atoms with E-state index in [0.717, 1.165) is 24.3 Å². The molecule has 20 heavy (non-hydrogen) atoms. The first kappa shape index (κ1) is 16.1. The van der Waals surface area contributed by atoms with E-state index in [0.29, 0.717) is 0 Å². The fraction of sp³-hybridized carbons (Fsp3) is 0.333. The van der Waals surface area contributed by atoms with Gasteiger partial charge >= 0.3 is 11.9 Å². The Morgan fingerprint density at radius 3 is 2.05 bits per heavy atom. The van der Waals surface area contributed by atoms with Crippen LogP contribution in [-0.4, -0.2) is 30.0 Å². The SMILES string of the molecule is CC(C(=O)O)C(C)C(=O)Oc1ccc(S(=O)(=O)[O-])cc1. The summed E-state index contributed by atoms with van der Waals surface area (Å²) >= 11 is 0. The molecule has 0 saturated carbocycles. The number of esters is 1. The van der Waals surface area contributed by atoms with Gasteiger partial charge in [-0.15, -0.1) is 0 Å². The average Bonchev–Trinajstić information content (AvgIpc) is 2.36. The number of aliphatic carboxylic acids is 1. The maximum atomic E-state index is 11.7. The molecule has 0 aliphatic carbocycles. The number of hydrogen-bond donors (Lipinski definition) is 1. The molecule has 0 aliphatic heterocycles. The molecule has 0 bridgehead atoms. The molecule has 0 heterocycles. The Bertz CT molecular complexity index is 603. The van der Waals surface area contributed by atoms with Gasteiger partial charge in [0.1, 0.15) is 15.9 Å². The van der Waals surface area contributed by atoms with Gasteiger partial charge in [-0.05, 0) is 24.3 Å². The molecule has 0 saturated heterocycles. The van der Waals surface area contributed by atoms with Crippen molar-refractivity contribution in [2.75, 3.05) is 0 Å². The molecule has 0 aromatic heterocycles. The minimum atomic E-state index is -4.56. The summed E-state index contributed by atoms with van der Waals surface area (Å²) in [5.74, 6) is -3.62. The first-order valence-corrected chi connectivity index (χ1v) is 7.04. The van der Waals surface area contributed by atoms with Crippen LogP contribution in [0.2, 0.25) is 0 Å². The number of ether oxygens (including phenoxy) is 1. The van der Waals surface area contributed by atoms with Crippen LogP contribution in [0.1, 0.15) is 13.8 Å². The van der Waals surface area contributed by atoms with Gasteiger partial charge in [-0.1, -0.05) is 13.8 Å². The molecule has 0 radical (unpaired) electrons. The second-order valence-corrected chi connectivity index (χ2v) is 5.64. The third-order valence-electron chi connectivity index (χ3n) is 2.84. The topological polar surface area (TPSA) is 121 Å². The molecule has 0 fully saturated rings. The maximum absolute atomic E-state index is 11.7. The summed E-state index contributed by atoms with van der Waals surface area (Å²) in [5, 5.41) is 8.78. The Balaban J connectivity index is 2.79. The Hall–Kier alpha value is -1.93. The standard InChI is InChI=1S/C12H14O7S/c1-7(11(13)14)8(2)12(15)19-9-3-5-10(6-4-9)20(16,17)18/h3-8H,1-2H3,(H,13,14)(H,16,17,18)/p-1. The van der Waals surface area contributed by atoms with Gasteiger partial charge in [-0.25, -0.2) is 8.42 Å². The Morgan fingerprint density at radius 1 is 1.15 bits per heavy atom. The first-order chi connectivity index (χ1) is 9.12. The molecule has 1 N–H and O–H groups in total. The van der Waals surface area contributed by atoms with Gasteiger partial charge in [-0.3, -0.25) is 9.59 Å². The van der Waals surface area contributed by atoms with Crippen LogP contribution in [0.3, 0.4) is 0 Å². The van der Waals surface area contributed by atoms with Gasteiger partial charge in [0.05, 0.1) is 16.7 Å². The fourth-order valence-electron chi connectivity index (χ4n) is 1.30. The number of hydrogen-bond acceptors (Lipinski definition) is 6. The van der Waals surface area contributed by atoms with Crippen molar-refractivity contribution in [2.45, 2.75) is 18.7 Å². The van der Waals surface area contributed by atoms with Crippen molar-refractivity contribution in [3.8, 4) is 5.75 Å². The van der Waals surface area contributed by atoms with E-state index in [1.165, 1.54) is 13.8 Å². The van der Waals surface area contributed by atoms with E-state index in [9.17, 15) is 22.6 Å². The highest BCUT2D eigenvalue weighted by Crippen LogP contribution is 2.19. The van der Waals surface area contributed by atoms with E-state index in [-0.39, 0.29) is 5.75 Å². The number of benzene rings is 1. The minimum Gasteiger partial charge on any atom is -0.744 e. The predicted octanol–water partition coefficient (Wildman–Crippen LogP) is 0.853. The average molecular weight is 301 g/mol. The summed E-state index contributed by atoms with van der Waals surface area (Å²) in [5.41, 5.74) is 0. The first-order valence-electron chi connectivity index (χ1n) is 5.63. The van der Waals surface area contributed by atoms with Gasteiger partial charge in [0.15, 0.2) is 0 Å². The molecule has 7 nitrogen and oxygen atoms in total. The van der Waals surface area contributed by atoms with E-state index in [4.69, 9.17) is 9.84 Å². The van der Waals surface area contributed by atoms with Crippen molar-refractivity contribution in [3.05, 3.63) is 24.3 Å². The van der Waals surface area contributed by atoms with Gasteiger partial charge in [0, 0.05) is 0 Å². The molecule has 1 aromatic rings. The van der Waals surface area contributed by atoms with Crippen LogP contribution >= 0.6 is 0 Å². The van der Waals surface area contributed by atoms with Crippen molar-refractivity contribution < 1.29 is 32.4 Å². The summed E-state index contributed by atoms with van der Waals surface area (Å²) in [6.07, 6.45) is 0. The Morgan fingerprint density at radius 2 is 1.65 bits per heavy atom. The van der Waals surface area contributed by atoms with Crippen LogP contribution in [-0.2, 0) is 19.7 Å². The smallest absolute Gasteiger partial charge is 0.314 e. The lowest BCUT2D eigenvalue weighted by Gasteiger charge is -2.15. The normalized spacial score (nSPS) is 14.3. The zero-order chi connectivity index (χ0) is 15.5. The zero-order valence-corrected chi connectivity index (χ0v) is 11.6. The van der Waals surface area contributed by atoms with E-state index in [1.54, 1.807) is 0 Å². The third kappa shape index (κ3) is 4.04. The molecular weight excluding hydrogens is 288 g/mol. The van der Waals surface area contributed by atoms with Crippen molar-refractivity contribution in [1.29, 1.82) is 0 Å². The summed E-state index contributed by atoms with van der Waals surface area (Å²) in [6.45, 7) is 2.79. The molecule has 2 atom stereocenters. The summed E-state index contributed by atoms with van der Waals surface area (Å²) < 4.78 is 37.0. The molecule has 0 amide bonds. The highest BCUT2D eigenvalue weighted by Gasteiger charge is 2.27. The van der Waals surface area contributed by atoms with Gasteiger partial charge in [-0.2, -0.15) is 0 Å². The summed E-state index contributed by atoms with van der Waals surface area (Å²) in [4.78, 5) is 22.0. The largest absolute Gasteiger partial charge is 0.744 e. The van der Waals surface area contributed by atoms with Crippen molar-refractivity contribution in [2.24, 2.45) is 11.8 Å². The molecule has 1 rings (SSSR count). The fourth-order valence-corrected chi connectivity index (χ4v) is 1.77. The molecule has 0 spiro atoms. The van der Waals surface area contributed by atoms with Crippen molar-refractivity contribution in [3.63, 3.8) is 0 Å². The van der Waals surface area contributed by atoms with Crippen LogP contribution < -0.4 is 4.74 Å². The second-order valence-electron chi connectivity index (χ2n) is 4.26. The minimum absolute atomic E-state index is 0.0341. The van der Waals surface area contributed by atoms with E-state index in [2.05, 4.69) is 0 Å². The van der Waals surface area contributed by atoms with Gasteiger partial charge in [0.25, 0.3) is 0 Å². The number of carbonyl (C=O) groups is 2. The summed E-state index contributed by atoms with van der Waals surface area (Å²) in [6, 6.07) is 4.33. The van der Waals surface area contributed by atoms with Crippen LogP contribution in [0.25, 0.3) is 0 Å². The van der Waals surface area contributed by atoms with Crippen molar-refractivity contribution in [1.82, 2.24) is 0 Å². The Kier molecular flexibility index (Phi) is 4.85. The monoisotopic (exact) mass is 301 g/mol.